The van der Waals surface area contributed by atoms with E-state index in [2.05, 4.69) is 15.6 Å². The molecule has 0 radical (unpaired) electrons. The molecule has 6 heteroatoms. The molecule has 3 aromatic rings. The van der Waals surface area contributed by atoms with Crippen molar-refractivity contribution in [2.45, 2.75) is 26.8 Å². The summed E-state index contributed by atoms with van der Waals surface area (Å²) >= 11 is 0. The van der Waals surface area contributed by atoms with E-state index in [-0.39, 0.29) is 5.91 Å². The number of benzene rings is 1. The number of carbonyl (C=O) groups excluding carboxylic acids is 1. The molecule has 1 amide bonds. The Morgan fingerprint density at radius 2 is 1.96 bits per heavy atom. The van der Waals surface area contributed by atoms with Gasteiger partial charge in [0.1, 0.15) is 11.5 Å². The number of hydrogen-bond acceptors (Lipinski definition) is 4. The first kappa shape index (κ1) is 16.0. The first-order valence-corrected chi connectivity index (χ1v) is 7.91. The Balaban J connectivity index is 1.59. The van der Waals surface area contributed by atoms with Crippen molar-refractivity contribution in [3.8, 4) is 0 Å². The summed E-state index contributed by atoms with van der Waals surface area (Å²) in [5.41, 5.74) is 2.23. The molecule has 0 spiro atoms. The van der Waals surface area contributed by atoms with E-state index in [4.69, 9.17) is 4.42 Å². The molecule has 0 unspecified atom stereocenters. The van der Waals surface area contributed by atoms with Crippen LogP contribution in [0.3, 0.4) is 0 Å². The molecule has 24 heavy (non-hydrogen) atoms. The lowest BCUT2D eigenvalue weighted by atomic mass is 10.2. The van der Waals surface area contributed by atoms with Crippen LogP contribution in [0.1, 0.15) is 33.3 Å². The Bertz CT molecular complexity index is 821. The van der Waals surface area contributed by atoms with Crippen molar-refractivity contribution >= 4 is 5.91 Å². The van der Waals surface area contributed by atoms with Gasteiger partial charge in [-0.3, -0.25) is 4.79 Å². The Labute approximate surface area is 140 Å². The average Bonchev–Trinajstić information content (AvgIpc) is 3.15. The van der Waals surface area contributed by atoms with Crippen molar-refractivity contribution in [3.63, 3.8) is 0 Å². The largest absolute Gasteiger partial charge is 0.466 e. The van der Waals surface area contributed by atoms with Gasteiger partial charge in [0.05, 0.1) is 12.2 Å². The second-order valence-corrected chi connectivity index (χ2v) is 5.68. The molecule has 124 valence electrons. The van der Waals surface area contributed by atoms with Crippen LogP contribution in [0, 0.1) is 13.8 Å². The summed E-state index contributed by atoms with van der Waals surface area (Å²) in [6, 6.07) is 13.8. The minimum absolute atomic E-state index is 0.213. The van der Waals surface area contributed by atoms with Gasteiger partial charge in [0.25, 0.3) is 5.91 Å². The summed E-state index contributed by atoms with van der Waals surface area (Å²) in [6.07, 6.45) is 0.650. The third kappa shape index (κ3) is 3.71. The molecule has 0 saturated carbocycles. The molecule has 0 fully saturated rings. The lowest BCUT2D eigenvalue weighted by Crippen LogP contribution is -2.26. The molecule has 1 aromatic carbocycles. The van der Waals surface area contributed by atoms with Gasteiger partial charge in [0, 0.05) is 13.0 Å². The van der Waals surface area contributed by atoms with Gasteiger partial charge < -0.3 is 9.73 Å². The molecule has 0 aliphatic heterocycles. The highest BCUT2D eigenvalue weighted by atomic mass is 16.3. The van der Waals surface area contributed by atoms with E-state index in [1.54, 1.807) is 4.68 Å². The van der Waals surface area contributed by atoms with Gasteiger partial charge >= 0.3 is 0 Å². The number of amides is 1. The van der Waals surface area contributed by atoms with Crippen LogP contribution < -0.4 is 5.32 Å². The molecule has 1 N–H and O–H groups in total. The number of rotatable bonds is 6. The van der Waals surface area contributed by atoms with E-state index in [1.165, 1.54) is 0 Å². The van der Waals surface area contributed by atoms with Gasteiger partial charge in [-0.25, -0.2) is 4.68 Å². The maximum Gasteiger partial charge on any atom is 0.273 e. The lowest BCUT2D eigenvalue weighted by Gasteiger charge is -2.05. The van der Waals surface area contributed by atoms with E-state index < -0.39 is 0 Å². The van der Waals surface area contributed by atoms with Crippen LogP contribution in [0.5, 0.6) is 0 Å². The Morgan fingerprint density at radius 1 is 1.17 bits per heavy atom. The summed E-state index contributed by atoms with van der Waals surface area (Å²) in [6.45, 7) is 4.85. The van der Waals surface area contributed by atoms with Crippen LogP contribution in [0.2, 0.25) is 0 Å². The van der Waals surface area contributed by atoms with Crippen LogP contribution in [-0.4, -0.2) is 27.4 Å². The summed E-state index contributed by atoms with van der Waals surface area (Å²) in [5, 5.41) is 11.0. The van der Waals surface area contributed by atoms with Crippen molar-refractivity contribution in [2.75, 3.05) is 6.54 Å². The molecule has 6 nitrogen and oxygen atoms in total. The van der Waals surface area contributed by atoms with Gasteiger partial charge in [0.15, 0.2) is 5.69 Å². The fourth-order valence-electron chi connectivity index (χ4n) is 2.48. The molecule has 0 aliphatic carbocycles. The highest BCUT2D eigenvalue weighted by Gasteiger charge is 2.16. The first-order valence-electron chi connectivity index (χ1n) is 7.91. The second-order valence-electron chi connectivity index (χ2n) is 5.68. The van der Waals surface area contributed by atoms with Crippen molar-refractivity contribution < 1.29 is 9.21 Å². The molecule has 2 aromatic heterocycles. The van der Waals surface area contributed by atoms with E-state index >= 15 is 0 Å². The van der Waals surface area contributed by atoms with E-state index in [9.17, 15) is 4.79 Å². The second kappa shape index (κ2) is 7.12. The number of hydrogen-bond donors (Lipinski definition) is 1. The number of aromatic nitrogens is 3. The predicted octanol–water partition coefficient (Wildman–Crippen LogP) is 2.51. The fourth-order valence-corrected chi connectivity index (χ4v) is 2.48. The Hall–Kier alpha value is -2.89. The first-order chi connectivity index (χ1) is 11.6. The summed E-state index contributed by atoms with van der Waals surface area (Å²) in [7, 11) is 0. The number of nitrogens with zero attached hydrogens (tertiary/aromatic N) is 3. The third-order valence-corrected chi connectivity index (χ3v) is 3.83. The molecule has 2 heterocycles. The molecular weight excluding hydrogens is 304 g/mol. The van der Waals surface area contributed by atoms with E-state index in [0.29, 0.717) is 25.2 Å². The van der Waals surface area contributed by atoms with Crippen molar-refractivity contribution in [1.29, 1.82) is 0 Å². The molecule has 0 aliphatic rings. The van der Waals surface area contributed by atoms with Gasteiger partial charge in [0.2, 0.25) is 0 Å². The normalized spacial score (nSPS) is 10.8. The molecule has 0 atom stereocenters. The highest BCUT2D eigenvalue weighted by molar-refractivity contribution is 5.93. The molecule has 0 bridgehead atoms. The molecular formula is C18H20N4O2. The lowest BCUT2D eigenvalue weighted by molar-refractivity contribution is 0.0948. The van der Waals surface area contributed by atoms with Crippen LogP contribution in [-0.2, 0) is 13.0 Å². The number of nitrogens with one attached hydrogen (secondary N) is 1. The van der Waals surface area contributed by atoms with Crippen molar-refractivity contribution in [2.24, 2.45) is 0 Å². The van der Waals surface area contributed by atoms with Crippen molar-refractivity contribution in [3.05, 3.63) is 70.9 Å². The predicted molar refractivity (Wildman–Crippen MR) is 89.8 cm³/mol. The maximum atomic E-state index is 12.3. The zero-order chi connectivity index (χ0) is 16.9. The van der Waals surface area contributed by atoms with E-state index in [1.807, 2.05) is 56.3 Å². The van der Waals surface area contributed by atoms with Gasteiger partial charge in [-0.15, -0.1) is 5.10 Å². The third-order valence-electron chi connectivity index (χ3n) is 3.83. The standard InChI is InChI=1S/C18H20N4O2/c1-13-8-9-16(24-13)10-11-19-18(23)17-14(2)22(21-20-17)12-15-6-4-3-5-7-15/h3-9H,10-12H2,1-2H3,(H,19,23). The van der Waals surface area contributed by atoms with Crippen LogP contribution in [0.25, 0.3) is 0 Å². The Kier molecular flexibility index (Phi) is 4.74. The van der Waals surface area contributed by atoms with Gasteiger partial charge in [-0.1, -0.05) is 35.5 Å². The summed E-state index contributed by atoms with van der Waals surface area (Å²) in [4.78, 5) is 12.3. The van der Waals surface area contributed by atoms with Crippen molar-refractivity contribution in [1.82, 2.24) is 20.3 Å². The number of aryl methyl sites for hydroxylation is 1. The van der Waals surface area contributed by atoms with Crippen LogP contribution in [0.4, 0.5) is 0 Å². The monoisotopic (exact) mass is 324 g/mol. The zero-order valence-corrected chi connectivity index (χ0v) is 13.8. The SMILES string of the molecule is Cc1ccc(CCNC(=O)c2nnn(Cc3ccccc3)c2C)o1. The summed E-state index contributed by atoms with van der Waals surface area (Å²) < 4.78 is 7.22. The average molecular weight is 324 g/mol. The summed E-state index contributed by atoms with van der Waals surface area (Å²) in [5.74, 6) is 1.52. The topological polar surface area (TPSA) is 73.0 Å². The quantitative estimate of drug-likeness (QED) is 0.756. The van der Waals surface area contributed by atoms with Crippen LogP contribution in [0.15, 0.2) is 46.9 Å². The molecule has 3 rings (SSSR count). The number of carbonyl (C=O) groups is 1. The Morgan fingerprint density at radius 3 is 2.67 bits per heavy atom. The fraction of sp³-hybridized carbons (Fsp3) is 0.278. The minimum atomic E-state index is -0.213. The zero-order valence-electron chi connectivity index (χ0n) is 13.8. The molecule has 0 saturated heterocycles. The minimum Gasteiger partial charge on any atom is -0.466 e. The van der Waals surface area contributed by atoms with Gasteiger partial charge in [-0.05, 0) is 31.5 Å². The maximum absolute atomic E-state index is 12.3. The number of furan rings is 1. The highest BCUT2D eigenvalue weighted by Crippen LogP contribution is 2.09. The van der Waals surface area contributed by atoms with Gasteiger partial charge in [-0.2, -0.15) is 0 Å². The van der Waals surface area contributed by atoms with E-state index in [0.717, 1.165) is 22.8 Å². The van der Waals surface area contributed by atoms with Crippen LogP contribution >= 0.6 is 0 Å². The smallest absolute Gasteiger partial charge is 0.273 e.